The zero-order valence-corrected chi connectivity index (χ0v) is 22.4. The van der Waals surface area contributed by atoms with E-state index in [-0.39, 0.29) is 5.91 Å². The molecule has 2 heterocycles. The summed E-state index contributed by atoms with van der Waals surface area (Å²) in [6, 6.07) is 21.0. The number of hydrogen-bond acceptors (Lipinski definition) is 3. The maximum Gasteiger partial charge on any atom is 0.255 e. The second-order valence-corrected chi connectivity index (χ2v) is 10.1. The van der Waals surface area contributed by atoms with Gasteiger partial charge in [0.05, 0.1) is 17.2 Å². The third-order valence-corrected chi connectivity index (χ3v) is 7.26. The molecule has 0 radical (unpaired) electrons. The van der Waals surface area contributed by atoms with Crippen molar-refractivity contribution in [1.29, 1.82) is 0 Å². The molecule has 0 spiro atoms. The van der Waals surface area contributed by atoms with Crippen molar-refractivity contribution in [1.82, 2.24) is 4.98 Å². The number of ether oxygens (including phenoxy) is 1. The van der Waals surface area contributed by atoms with Gasteiger partial charge in [-0.05, 0) is 97.3 Å². The van der Waals surface area contributed by atoms with Crippen LogP contribution in [0.3, 0.4) is 0 Å². The molecule has 0 saturated carbocycles. The monoisotopic (exact) mass is 531 g/mol. The van der Waals surface area contributed by atoms with E-state index in [0.29, 0.717) is 27.9 Å². The lowest BCUT2D eigenvalue weighted by Crippen LogP contribution is -2.19. The minimum atomic E-state index is -0.172. The highest BCUT2D eigenvalue weighted by molar-refractivity contribution is 6.42. The van der Waals surface area contributed by atoms with Crippen LogP contribution >= 0.6 is 23.2 Å². The number of nitrogens with one attached hydrogen (secondary N) is 2. The molecule has 0 bridgehead atoms. The number of carbonyl (C=O) groups excluding carboxylic acids is 1. The number of halogens is 2. The number of methoxy groups -OCH3 is 1. The van der Waals surface area contributed by atoms with Gasteiger partial charge in [0.25, 0.3) is 5.91 Å². The predicted octanol–water partition coefficient (Wildman–Crippen LogP) is 7.76. The van der Waals surface area contributed by atoms with Gasteiger partial charge in [-0.2, -0.15) is 0 Å². The highest BCUT2D eigenvalue weighted by Gasteiger charge is 2.25. The number of aryl methyl sites for hydroxylation is 2. The summed E-state index contributed by atoms with van der Waals surface area (Å²) >= 11 is 12.4. The van der Waals surface area contributed by atoms with E-state index >= 15 is 0 Å². The van der Waals surface area contributed by atoms with Gasteiger partial charge in [-0.3, -0.25) is 4.79 Å². The summed E-state index contributed by atoms with van der Waals surface area (Å²) < 4.78 is 5.19. The van der Waals surface area contributed by atoms with Crippen LogP contribution in [0.1, 0.15) is 38.4 Å². The highest BCUT2D eigenvalue weighted by atomic mass is 35.5. The Balaban J connectivity index is 1.47. The third-order valence-electron chi connectivity index (χ3n) is 6.52. The Hall–Kier alpha value is -3.67. The SMILES string of the molecule is COc1ccc(C(=O)Nc2ccc3c(c2)/C(=C/c2[nH]c(C)cc2C)CN3Cc2ccc(Cl)c(Cl)c2)cc1. The van der Waals surface area contributed by atoms with E-state index < -0.39 is 0 Å². The molecule has 3 aromatic carbocycles. The van der Waals surface area contributed by atoms with Gasteiger partial charge < -0.3 is 19.9 Å². The first-order chi connectivity index (χ1) is 17.8. The molecule has 1 amide bonds. The average molecular weight is 532 g/mol. The molecule has 1 aromatic heterocycles. The first-order valence-corrected chi connectivity index (χ1v) is 12.7. The van der Waals surface area contributed by atoms with Gasteiger partial charge in [0, 0.05) is 47.0 Å². The van der Waals surface area contributed by atoms with Crippen molar-refractivity contribution in [2.24, 2.45) is 0 Å². The van der Waals surface area contributed by atoms with Crippen LogP contribution in [0.5, 0.6) is 5.75 Å². The zero-order valence-electron chi connectivity index (χ0n) is 20.9. The van der Waals surface area contributed by atoms with Crippen LogP contribution in [0.15, 0.2) is 66.7 Å². The molecule has 0 unspecified atom stereocenters. The molecule has 0 saturated heterocycles. The zero-order chi connectivity index (χ0) is 26.1. The summed E-state index contributed by atoms with van der Waals surface area (Å²) in [6.45, 7) is 5.57. The van der Waals surface area contributed by atoms with Crippen molar-refractivity contribution in [3.8, 4) is 5.75 Å². The van der Waals surface area contributed by atoms with Crippen LogP contribution in [-0.2, 0) is 6.54 Å². The summed E-state index contributed by atoms with van der Waals surface area (Å²) in [4.78, 5) is 18.7. The van der Waals surface area contributed by atoms with Gasteiger partial charge in [-0.25, -0.2) is 0 Å². The molecule has 0 aliphatic carbocycles. The number of H-pyrrole nitrogens is 1. The van der Waals surface area contributed by atoms with Gasteiger partial charge in [0.2, 0.25) is 0 Å². The Morgan fingerprint density at radius 1 is 1.03 bits per heavy atom. The number of hydrogen-bond donors (Lipinski definition) is 2. The molecule has 1 aliphatic heterocycles. The number of aromatic nitrogens is 1. The summed E-state index contributed by atoms with van der Waals surface area (Å²) in [7, 11) is 1.60. The quantitative estimate of drug-likeness (QED) is 0.267. The molecule has 37 heavy (non-hydrogen) atoms. The average Bonchev–Trinajstić information content (AvgIpc) is 3.39. The standard InChI is InChI=1S/C30H27Cl2N3O2/c1-18-12-19(2)33-28(18)14-22-17-35(16-20-4-10-26(31)27(32)13-20)29-11-7-23(15-25(22)29)34-30(36)21-5-8-24(37-3)9-6-21/h4-15,33H,16-17H2,1-3H3,(H,34,36)/b22-14+. The third kappa shape index (κ3) is 5.38. The molecule has 0 atom stereocenters. The number of benzene rings is 3. The van der Waals surface area contributed by atoms with Crippen LogP contribution < -0.4 is 15.0 Å². The Morgan fingerprint density at radius 3 is 2.49 bits per heavy atom. The number of nitrogens with zero attached hydrogens (tertiary/aromatic N) is 1. The summed E-state index contributed by atoms with van der Waals surface area (Å²) in [5.41, 5.74) is 9.12. The van der Waals surface area contributed by atoms with E-state index in [0.717, 1.165) is 40.4 Å². The van der Waals surface area contributed by atoms with Crippen molar-refractivity contribution in [2.45, 2.75) is 20.4 Å². The van der Waals surface area contributed by atoms with Crippen LogP contribution in [0.25, 0.3) is 11.6 Å². The molecule has 1 aliphatic rings. The van der Waals surface area contributed by atoms with Crippen molar-refractivity contribution < 1.29 is 9.53 Å². The maximum atomic E-state index is 12.9. The molecular formula is C30H27Cl2N3O2. The van der Waals surface area contributed by atoms with E-state index in [9.17, 15) is 4.79 Å². The normalized spacial score (nSPS) is 13.6. The number of aromatic amines is 1. The molecular weight excluding hydrogens is 505 g/mol. The minimum absolute atomic E-state index is 0.172. The summed E-state index contributed by atoms with van der Waals surface area (Å²) in [6.07, 6.45) is 2.20. The Kier molecular flexibility index (Phi) is 7.00. The molecule has 4 aromatic rings. The molecule has 5 rings (SSSR count). The van der Waals surface area contributed by atoms with Crippen molar-refractivity contribution >= 4 is 52.1 Å². The fraction of sp³-hybridized carbons (Fsp3) is 0.167. The minimum Gasteiger partial charge on any atom is -0.497 e. The first kappa shape index (κ1) is 25.0. The highest BCUT2D eigenvalue weighted by Crippen LogP contribution is 2.40. The van der Waals surface area contributed by atoms with E-state index in [4.69, 9.17) is 27.9 Å². The number of amides is 1. The van der Waals surface area contributed by atoms with Crippen molar-refractivity contribution in [2.75, 3.05) is 23.9 Å². The number of rotatable bonds is 6. The Morgan fingerprint density at radius 2 is 1.81 bits per heavy atom. The van der Waals surface area contributed by atoms with Gasteiger partial charge in [0.15, 0.2) is 0 Å². The Labute approximate surface area is 226 Å². The Bertz CT molecular complexity index is 1510. The molecule has 188 valence electrons. The lowest BCUT2D eigenvalue weighted by atomic mass is 10.0. The number of carbonyl (C=O) groups is 1. The topological polar surface area (TPSA) is 57.4 Å². The van der Waals surface area contributed by atoms with Crippen LogP contribution in [-0.4, -0.2) is 24.5 Å². The van der Waals surface area contributed by atoms with Crippen LogP contribution in [0.2, 0.25) is 10.0 Å². The summed E-state index contributed by atoms with van der Waals surface area (Å²) in [5, 5.41) is 4.13. The maximum absolute atomic E-state index is 12.9. The first-order valence-electron chi connectivity index (χ1n) is 12.0. The number of anilines is 2. The van der Waals surface area contributed by atoms with Gasteiger partial charge in [-0.1, -0.05) is 29.3 Å². The fourth-order valence-corrected chi connectivity index (χ4v) is 4.99. The predicted molar refractivity (Wildman–Crippen MR) is 153 cm³/mol. The lowest BCUT2D eigenvalue weighted by Gasteiger charge is -2.20. The van der Waals surface area contributed by atoms with E-state index in [2.05, 4.69) is 47.3 Å². The van der Waals surface area contributed by atoms with Crippen LogP contribution in [0, 0.1) is 13.8 Å². The van der Waals surface area contributed by atoms with E-state index in [1.165, 1.54) is 11.1 Å². The van der Waals surface area contributed by atoms with Crippen LogP contribution in [0.4, 0.5) is 11.4 Å². The molecule has 0 fully saturated rings. The van der Waals surface area contributed by atoms with Gasteiger partial charge in [0.1, 0.15) is 5.75 Å². The smallest absolute Gasteiger partial charge is 0.255 e. The van der Waals surface area contributed by atoms with Gasteiger partial charge in [-0.15, -0.1) is 0 Å². The molecule has 2 N–H and O–H groups in total. The van der Waals surface area contributed by atoms with E-state index in [1.54, 1.807) is 31.4 Å². The van der Waals surface area contributed by atoms with Crippen molar-refractivity contribution in [3.05, 3.63) is 110 Å². The largest absolute Gasteiger partial charge is 0.497 e. The second kappa shape index (κ2) is 10.4. The molecule has 7 heteroatoms. The summed E-state index contributed by atoms with van der Waals surface area (Å²) in [5.74, 6) is 0.537. The number of fused-ring (bicyclic) bond motifs is 1. The lowest BCUT2D eigenvalue weighted by molar-refractivity contribution is 0.102. The van der Waals surface area contributed by atoms with E-state index in [1.807, 2.05) is 30.3 Å². The van der Waals surface area contributed by atoms with Crippen molar-refractivity contribution in [3.63, 3.8) is 0 Å². The van der Waals surface area contributed by atoms with Gasteiger partial charge >= 0.3 is 0 Å². The second-order valence-electron chi connectivity index (χ2n) is 9.24. The fourth-order valence-electron chi connectivity index (χ4n) is 4.66. The molecule has 5 nitrogen and oxygen atoms in total.